The van der Waals surface area contributed by atoms with Gasteiger partial charge in [-0.05, 0) is 18.8 Å². The quantitative estimate of drug-likeness (QED) is 0.716. The fourth-order valence-electron chi connectivity index (χ4n) is 0.532. The first-order chi connectivity index (χ1) is 5.33. The summed E-state index contributed by atoms with van der Waals surface area (Å²) >= 11 is 0. The van der Waals surface area contributed by atoms with E-state index < -0.39 is 10.0 Å². The second-order valence-electron chi connectivity index (χ2n) is 3.74. The van der Waals surface area contributed by atoms with Crippen LogP contribution in [-0.2, 0) is 10.0 Å². The molecular formula is C8H19NO2S. The van der Waals surface area contributed by atoms with Crippen molar-refractivity contribution in [1.82, 2.24) is 4.72 Å². The van der Waals surface area contributed by atoms with Crippen molar-refractivity contribution in [1.29, 1.82) is 0 Å². The minimum Gasteiger partial charge on any atom is -0.215 e. The first kappa shape index (κ1) is 11.9. The normalized spacial score (nSPS) is 13.3. The van der Waals surface area contributed by atoms with Gasteiger partial charge in [0.2, 0.25) is 10.0 Å². The van der Waals surface area contributed by atoms with Gasteiger partial charge in [0.15, 0.2) is 0 Å². The Morgan fingerprint density at radius 3 is 2.08 bits per heavy atom. The average molecular weight is 193 g/mol. The Labute approximate surface area is 75.6 Å². The number of hydrogen-bond donors (Lipinski definition) is 1. The smallest absolute Gasteiger partial charge is 0.211 e. The fourth-order valence-corrected chi connectivity index (χ4v) is 1.35. The first-order valence-electron chi connectivity index (χ1n) is 4.30. The zero-order chi connectivity index (χ0) is 9.83. The lowest BCUT2D eigenvalue weighted by Gasteiger charge is -2.22. The van der Waals surface area contributed by atoms with Crippen LogP contribution in [0.25, 0.3) is 0 Å². The number of hydrogen-bond acceptors (Lipinski definition) is 2. The van der Waals surface area contributed by atoms with Gasteiger partial charge in [-0.1, -0.05) is 20.8 Å². The molecule has 0 aliphatic carbocycles. The molecule has 3 nitrogen and oxygen atoms in total. The molecular weight excluding hydrogens is 174 g/mol. The van der Waals surface area contributed by atoms with Gasteiger partial charge in [-0.2, -0.15) is 0 Å². The Bertz CT molecular complexity index is 219. The van der Waals surface area contributed by atoms with E-state index in [0.29, 0.717) is 6.54 Å². The van der Waals surface area contributed by atoms with E-state index in [0.717, 1.165) is 6.42 Å². The van der Waals surface area contributed by atoms with E-state index in [1.807, 2.05) is 13.8 Å². The molecule has 0 saturated carbocycles. The van der Waals surface area contributed by atoms with Gasteiger partial charge in [-0.25, -0.2) is 13.1 Å². The molecule has 0 aliphatic heterocycles. The van der Waals surface area contributed by atoms with E-state index in [4.69, 9.17) is 0 Å². The van der Waals surface area contributed by atoms with Crippen LogP contribution in [0.1, 0.15) is 34.1 Å². The number of rotatable bonds is 5. The van der Waals surface area contributed by atoms with Crippen molar-refractivity contribution < 1.29 is 8.42 Å². The topological polar surface area (TPSA) is 46.2 Å². The molecule has 0 unspecified atom stereocenters. The highest BCUT2D eigenvalue weighted by molar-refractivity contribution is 7.89. The van der Waals surface area contributed by atoms with Crippen molar-refractivity contribution in [2.75, 3.05) is 12.3 Å². The van der Waals surface area contributed by atoms with Crippen LogP contribution in [0.2, 0.25) is 0 Å². The van der Waals surface area contributed by atoms with Gasteiger partial charge < -0.3 is 0 Å². The van der Waals surface area contributed by atoms with E-state index in [1.54, 1.807) is 6.92 Å². The molecule has 0 aromatic heterocycles. The summed E-state index contributed by atoms with van der Waals surface area (Å²) in [4.78, 5) is 0. The summed E-state index contributed by atoms with van der Waals surface area (Å²) in [5.41, 5.74) is 0.0578. The van der Waals surface area contributed by atoms with E-state index in [9.17, 15) is 8.42 Å². The Morgan fingerprint density at radius 2 is 1.75 bits per heavy atom. The van der Waals surface area contributed by atoms with Gasteiger partial charge >= 0.3 is 0 Å². The van der Waals surface area contributed by atoms with Crippen LogP contribution in [0.4, 0.5) is 0 Å². The molecule has 0 radical (unpaired) electrons. The summed E-state index contributed by atoms with van der Waals surface area (Å²) in [6.45, 7) is 8.32. The maximum absolute atomic E-state index is 11.1. The second kappa shape index (κ2) is 4.23. The van der Waals surface area contributed by atoms with Crippen LogP contribution in [0, 0.1) is 5.41 Å². The van der Waals surface area contributed by atoms with Crippen molar-refractivity contribution in [3.63, 3.8) is 0 Å². The first-order valence-corrected chi connectivity index (χ1v) is 5.95. The Hall–Kier alpha value is -0.0900. The molecule has 0 heterocycles. The molecule has 1 N–H and O–H groups in total. The lowest BCUT2D eigenvalue weighted by molar-refractivity contribution is 0.350. The third-order valence-corrected chi connectivity index (χ3v) is 3.45. The molecule has 0 fully saturated rings. The van der Waals surface area contributed by atoms with Crippen molar-refractivity contribution in [3.05, 3.63) is 0 Å². The highest BCUT2D eigenvalue weighted by atomic mass is 32.2. The predicted octanol–water partition coefficient (Wildman–Crippen LogP) is 1.36. The van der Waals surface area contributed by atoms with Crippen LogP contribution in [0.15, 0.2) is 0 Å². The van der Waals surface area contributed by atoms with Crippen LogP contribution >= 0.6 is 0 Å². The fraction of sp³-hybridized carbons (Fsp3) is 1.00. The van der Waals surface area contributed by atoms with Gasteiger partial charge in [0.1, 0.15) is 0 Å². The van der Waals surface area contributed by atoms with Crippen LogP contribution < -0.4 is 4.72 Å². The largest absolute Gasteiger partial charge is 0.215 e. The predicted molar refractivity (Wildman–Crippen MR) is 51.5 cm³/mol. The molecule has 0 aromatic carbocycles. The minimum atomic E-state index is -3.01. The molecule has 0 rings (SSSR count). The number of sulfonamides is 1. The van der Waals surface area contributed by atoms with E-state index in [1.165, 1.54) is 0 Å². The molecule has 0 atom stereocenters. The molecule has 0 aromatic rings. The van der Waals surface area contributed by atoms with Gasteiger partial charge in [0.25, 0.3) is 0 Å². The molecule has 0 saturated heterocycles. The van der Waals surface area contributed by atoms with Crippen molar-refractivity contribution in [2.24, 2.45) is 5.41 Å². The third kappa shape index (κ3) is 4.72. The monoisotopic (exact) mass is 193 g/mol. The molecule has 12 heavy (non-hydrogen) atoms. The van der Waals surface area contributed by atoms with Gasteiger partial charge in [-0.15, -0.1) is 0 Å². The molecule has 0 spiro atoms. The maximum Gasteiger partial charge on any atom is 0.211 e. The van der Waals surface area contributed by atoms with E-state index in [-0.39, 0.29) is 11.2 Å². The minimum absolute atomic E-state index is 0.0578. The summed E-state index contributed by atoms with van der Waals surface area (Å²) in [6.07, 6.45) is 0.971. The second-order valence-corrected chi connectivity index (χ2v) is 5.84. The molecule has 74 valence electrons. The summed E-state index contributed by atoms with van der Waals surface area (Å²) in [6, 6.07) is 0. The molecule has 0 amide bonds. The van der Waals surface area contributed by atoms with Crippen molar-refractivity contribution in [3.8, 4) is 0 Å². The standard InChI is InChI=1S/C8H19NO2S/c1-5-8(3,4)7-9-12(10,11)6-2/h9H,5-7H2,1-4H3. The number of nitrogens with one attached hydrogen (secondary N) is 1. The SMILES string of the molecule is CCC(C)(C)CNS(=O)(=O)CC. The van der Waals surface area contributed by atoms with Crippen molar-refractivity contribution >= 4 is 10.0 Å². The van der Waals surface area contributed by atoms with Crippen LogP contribution in [-0.4, -0.2) is 20.7 Å². The van der Waals surface area contributed by atoms with E-state index in [2.05, 4.69) is 11.6 Å². The zero-order valence-corrected chi connectivity index (χ0v) is 9.16. The summed E-state index contributed by atoms with van der Waals surface area (Å²) in [7, 11) is -3.01. The molecule has 0 bridgehead atoms. The van der Waals surface area contributed by atoms with Crippen molar-refractivity contribution in [2.45, 2.75) is 34.1 Å². The Kier molecular flexibility index (Phi) is 4.20. The summed E-state index contributed by atoms with van der Waals surface area (Å²) in [5.74, 6) is 0.160. The lowest BCUT2D eigenvalue weighted by Crippen LogP contribution is -2.34. The molecule has 0 aliphatic rings. The third-order valence-electron chi connectivity index (χ3n) is 2.11. The van der Waals surface area contributed by atoms with E-state index >= 15 is 0 Å². The zero-order valence-electron chi connectivity index (χ0n) is 8.35. The molecule has 4 heteroatoms. The Balaban J connectivity index is 4.00. The van der Waals surface area contributed by atoms with Crippen LogP contribution in [0.5, 0.6) is 0 Å². The van der Waals surface area contributed by atoms with Crippen LogP contribution in [0.3, 0.4) is 0 Å². The highest BCUT2D eigenvalue weighted by Gasteiger charge is 2.17. The van der Waals surface area contributed by atoms with Gasteiger partial charge in [0, 0.05) is 6.54 Å². The summed E-state index contributed by atoms with van der Waals surface area (Å²) in [5, 5.41) is 0. The highest BCUT2D eigenvalue weighted by Crippen LogP contribution is 2.17. The summed E-state index contributed by atoms with van der Waals surface area (Å²) < 4.78 is 24.7. The maximum atomic E-state index is 11.1. The van der Waals surface area contributed by atoms with Gasteiger partial charge in [-0.3, -0.25) is 0 Å². The lowest BCUT2D eigenvalue weighted by atomic mass is 9.91. The average Bonchev–Trinajstić information content (AvgIpc) is 2.02. The van der Waals surface area contributed by atoms with Gasteiger partial charge in [0.05, 0.1) is 5.75 Å². The Morgan fingerprint density at radius 1 is 1.25 bits per heavy atom.